The Morgan fingerprint density at radius 1 is 1.25 bits per heavy atom. The largest absolute Gasteiger partial charge is 0.394 e. The van der Waals surface area contributed by atoms with Crippen molar-refractivity contribution >= 4 is 29.5 Å². The van der Waals surface area contributed by atoms with Gasteiger partial charge in [0.15, 0.2) is 5.78 Å². The van der Waals surface area contributed by atoms with E-state index in [-0.39, 0.29) is 5.78 Å². The molecule has 0 aromatic heterocycles. The fourth-order valence-electron chi connectivity index (χ4n) is 3.06. The van der Waals surface area contributed by atoms with Crippen LogP contribution in [0.15, 0.2) is 47.5 Å². The maximum atomic E-state index is 12.0. The molecule has 3 rings (SSSR count). The molecule has 124 valence electrons. The van der Waals surface area contributed by atoms with Crippen LogP contribution < -0.4 is 9.62 Å². The van der Waals surface area contributed by atoms with E-state index in [0.717, 1.165) is 29.0 Å². The quantitative estimate of drug-likeness (QED) is 0.644. The highest BCUT2D eigenvalue weighted by Gasteiger charge is 2.22. The monoisotopic (exact) mass is 338 g/mol. The predicted molar refractivity (Wildman–Crippen MR) is 103 cm³/mol. The Hall–Kier alpha value is -2.20. The zero-order valence-electron chi connectivity index (χ0n) is 14.3. The minimum atomic E-state index is 0.0888. The molecular weight excluding hydrogens is 316 g/mol. The molecule has 1 aliphatic heterocycles. The molecule has 0 radical (unpaired) electrons. The number of aryl methyl sites for hydroxylation is 1. The van der Waals surface area contributed by atoms with Gasteiger partial charge in [0.1, 0.15) is 0 Å². The summed E-state index contributed by atoms with van der Waals surface area (Å²) in [6.07, 6.45) is 4.92. The summed E-state index contributed by atoms with van der Waals surface area (Å²) in [5, 5.41) is 3.01. The Morgan fingerprint density at radius 3 is 2.79 bits per heavy atom. The third-order valence-electron chi connectivity index (χ3n) is 4.29. The molecule has 0 aliphatic carbocycles. The molecule has 4 heteroatoms. The lowest BCUT2D eigenvalue weighted by molar-refractivity contribution is 0.101. The smallest absolute Gasteiger partial charge is 0.160 e. The van der Waals surface area contributed by atoms with E-state index < -0.39 is 0 Å². The molecule has 1 aliphatic rings. The number of fused-ring (bicyclic) bond motifs is 1. The van der Waals surface area contributed by atoms with E-state index in [9.17, 15) is 4.79 Å². The first kappa shape index (κ1) is 16.7. The lowest BCUT2D eigenvalue weighted by atomic mass is 10.0. The lowest BCUT2D eigenvalue weighted by Crippen LogP contribution is -2.11. The van der Waals surface area contributed by atoms with Gasteiger partial charge >= 0.3 is 0 Å². The number of rotatable bonds is 5. The van der Waals surface area contributed by atoms with Gasteiger partial charge in [-0.2, -0.15) is 0 Å². The van der Waals surface area contributed by atoms with Crippen molar-refractivity contribution in [2.75, 3.05) is 17.9 Å². The van der Waals surface area contributed by atoms with Crippen LogP contribution in [0.4, 0.5) is 5.69 Å². The summed E-state index contributed by atoms with van der Waals surface area (Å²) in [7, 11) is 1.86. The zero-order valence-corrected chi connectivity index (χ0v) is 15.1. The second-order valence-corrected chi connectivity index (χ2v) is 6.97. The predicted octanol–water partition coefficient (Wildman–Crippen LogP) is 4.46. The second-order valence-electron chi connectivity index (χ2n) is 5.91. The zero-order chi connectivity index (χ0) is 17.1. The maximum Gasteiger partial charge on any atom is 0.160 e. The van der Waals surface area contributed by atoms with Crippen LogP contribution in [-0.2, 0) is 6.42 Å². The minimum Gasteiger partial charge on any atom is -0.394 e. The summed E-state index contributed by atoms with van der Waals surface area (Å²) in [5.74, 6) is 0.0888. The highest BCUT2D eigenvalue weighted by Crippen LogP contribution is 2.39. The van der Waals surface area contributed by atoms with Gasteiger partial charge in [-0.15, -0.1) is 0 Å². The standard InChI is InChI=1S/C20H22N2OS/c1-14-6-4-8-19-16(14)11-13-22(19)24-20-9-5-7-17(15(2)23)18(20)10-12-21-3/h4-10,12,21H,11,13H2,1-3H3/b12-10-. The first-order valence-corrected chi connectivity index (χ1v) is 8.91. The number of ketones is 1. The van der Waals surface area contributed by atoms with Crippen molar-refractivity contribution in [1.82, 2.24) is 5.32 Å². The third-order valence-corrected chi connectivity index (χ3v) is 5.44. The number of hydrogen-bond acceptors (Lipinski definition) is 4. The number of Topliss-reactive ketones (excluding diaryl/α,β-unsaturated/α-hetero) is 1. The highest BCUT2D eigenvalue weighted by molar-refractivity contribution is 8.00. The van der Waals surface area contributed by atoms with Crippen LogP contribution in [0.5, 0.6) is 0 Å². The molecule has 1 N–H and O–H groups in total. The van der Waals surface area contributed by atoms with Gasteiger partial charge in [-0.25, -0.2) is 0 Å². The van der Waals surface area contributed by atoms with E-state index in [0.29, 0.717) is 0 Å². The van der Waals surface area contributed by atoms with Gasteiger partial charge in [0.05, 0.1) is 5.69 Å². The molecule has 0 bridgehead atoms. The van der Waals surface area contributed by atoms with E-state index in [4.69, 9.17) is 0 Å². The van der Waals surface area contributed by atoms with Crippen molar-refractivity contribution < 1.29 is 4.79 Å². The Balaban J connectivity index is 1.97. The molecule has 0 amide bonds. The molecule has 0 saturated carbocycles. The number of nitrogens with zero attached hydrogens (tertiary/aromatic N) is 1. The molecule has 24 heavy (non-hydrogen) atoms. The fraction of sp³-hybridized carbons (Fsp3) is 0.250. The van der Waals surface area contributed by atoms with Crippen molar-refractivity contribution in [3.63, 3.8) is 0 Å². The lowest BCUT2D eigenvalue weighted by Gasteiger charge is -2.20. The SMILES string of the molecule is CN/C=C\c1c(SN2CCc3c(C)cccc32)cccc1C(C)=O. The Bertz CT molecular complexity index is 798. The van der Waals surface area contributed by atoms with Gasteiger partial charge in [-0.1, -0.05) is 24.3 Å². The molecule has 0 spiro atoms. The summed E-state index contributed by atoms with van der Waals surface area (Å²) < 4.78 is 2.33. The average Bonchev–Trinajstić information content (AvgIpc) is 2.98. The van der Waals surface area contributed by atoms with Gasteiger partial charge in [-0.05, 0) is 67.8 Å². The molecule has 2 aromatic rings. The third kappa shape index (κ3) is 3.20. The summed E-state index contributed by atoms with van der Waals surface area (Å²) in [6, 6.07) is 12.4. The van der Waals surface area contributed by atoms with E-state index >= 15 is 0 Å². The normalized spacial score (nSPS) is 13.4. The summed E-state index contributed by atoms with van der Waals surface area (Å²) in [5.41, 5.74) is 5.81. The van der Waals surface area contributed by atoms with Crippen LogP contribution in [0.2, 0.25) is 0 Å². The van der Waals surface area contributed by atoms with Crippen LogP contribution in [-0.4, -0.2) is 19.4 Å². The van der Waals surface area contributed by atoms with Gasteiger partial charge in [0, 0.05) is 29.6 Å². The van der Waals surface area contributed by atoms with Crippen LogP contribution in [0.1, 0.15) is 34.0 Å². The number of anilines is 1. The van der Waals surface area contributed by atoms with E-state index in [1.54, 1.807) is 18.9 Å². The fourth-order valence-corrected chi connectivity index (χ4v) is 4.17. The van der Waals surface area contributed by atoms with E-state index in [1.807, 2.05) is 31.5 Å². The molecule has 0 fully saturated rings. The van der Waals surface area contributed by atoms with Crippen LogP contribution in [0, 0.1) is 6.92 Å². The molecule has 3 nitrogen and oxygen atoms in total. The Kier molecular flexibility index (Phi) is 4.95. The molecule has 0 unspecified atom stereocenters. The van der Waals surface area contributed by atoms with Crippen LogP contribution in [0.25, 0.3) is 6.08 Å². The molecule has 2 aromatic carbocycles. The summed E-state index contributed by atoms with van der Waals surface area (Å²) in [4.78, 5) is 13.1. The summed E-state index contributed by atoms with van der Waals surface area (Å²) in [6.45, 7) is 4.78. The van der Waals surface area contributed by atoms with E-state index in [1.165, 1.54) is 16.8 Å². The van der Waals surface area contributed by atoms with E-state index in [2.05, 4.69) is 40.8 Å². The van der Waals surface area contributed by atoms with Crippen molar-refractivity contribution in [3.8, 4) is 0 Å². The molecule has 0 atom stereocenters. The number of nitrogens with one attached hydrogen (secondary N) is 1. The van der Waals surface area contributed by atoms with Crippen molar-refractivity contribution in [2.24, 2.45) is 0 Å². The van der Waals surface area contributed by atoms with Crippen LogP contribution >= 0.6 is 11.9 Å². The number of carbonyl (C=O) groups excluding carboxylic acids is 1. The molecular formula is C20H22N2OS. The van der Waals surface area contributed by atoms with Crippen LogP contribution in [0.3, 0.4) is 0 Å². The number of benzene rings is 2. The minimum absolute atomic E-state index is 0.0888. The highest BCUT2D eigenvalue weighted by atomic mass is 32.2. The second kappa shape index (κ2) is 7.14. The van der Waals surface area contributed by atoms with Crippen molar-refractivity contribution in [3.05, 3.63) is 64.9 Å². The summed E-state index contributed by atoms with van der Waals surface area (Å²) >= 11 is 1.71. The van der Waals surface area contributed by atoms with Gasteiger partial charge in [0.25, 0.3) is 0 Å². The maximum absolute atomic E-state index is 12.0. The Morgan fingerprint density at radius 2 is 2.04 bits per heavy atom. The molecule has 0 saturated heterocycles. The van der Waals surface area contributed by atoms with Gasteiger partial charge < -0.3 is 9.62 Å². The first-order valence-electron chi connectivity index (χ1n) is 8.13. The topological polar surface area (TPSA) is 32.3 Å². The van der Waals surface area contributed by atoms with Crippen molar-refractivity contribution in [2.45, 2.75) is 25.2 Å². The number of hydrogen-bond donors (Lipinski definition) is 1. The first-order chi connectivity index (χ1) is 11.6. The van der Waals surface area contributed by atoms with Gasteiger partial charge in [-0.3, -0.25) is 4.79 Å². The average molecular weight is 338 g/mol. The number of carbonyl (C=O) groups is 1. The van der Waals surface area contributed by atoms with Crippen molar-refractivity contribution in [1.29, 1.82) is 0 Å². The Labute approximate surface area is 147 Å². The van der Waals surface area contributed by atoms with Gasteiger partial charge in [0.2, 0.25) is 0 Å². The molecule has 1 heterocycles.